The number of amides is 1. The van der Waals surface area contributed by atoms with Crippen molar-refractivity contribution in [3.63, 3.8) is 0 Å². The van der Waals surface area contributed by atoms with Crippen molar-refractivity contribution in [2.75, 3.05) is 4.72 Å². The summed E-state index contributed by atoms with van der Waals surface area (Å²) >= 11 is 17.8. The first-order valence-electron chi connectivity index (χ1n) is 9.63. The number of carbonyl (C=O) groups excluding carboxylic acids is 1. The van der Waals surface area contributed by atoms with Crippen LogP contribution >= 0.6 is 34.8 Å². The van der Waals surface area contributed by atoms with Crippen LogP contribution in [0, 0.1) is 11.6 Å². The number of anilines is 1. The van der Waals surface area contributed by atoms with E-state index in [0.29, 0.717) is 10.6 Å². The number of sulfonamides is 1. The molecule has 0 saturated carbocycles. The number of nitrogens with one attached hydrogen (secondary N) is 2. The smallest absolute Gasteiger partial charge is 0.326 e. The molecule has 0 fully saturated rings. The fraction of sp³-hybridized carbons (Fsp3) is 0.0909. The highest BCUT2D eigenvalue weighted by molar-refractivity contribution is 7.92. The number of benzene rings is 3. The van der Waals surface area contributed by atoms with Gasteiger partial charge in [0.1, 0.15) is 17.7 Å². The number of carboxylic acids is 1. The lowest BCUT2D eigenvalue weighted by molar-refractivity contribution is -0.139. The van der Waals surface area contributed by atoms with Crippen LogP contribution < -0.4 is 10.0 Å². The summed E-state index contributed by atoms with van der Waals surface area (Å²) < 4.78 is 55.4. The molecule has 0 aliphatic heterocycles. The van der Waals surface area contributed by atoms with Crippen molar-refractivity contribution < 1.29 is 31.9 Å². The van der Waals surface area contributed by atoms with Gasteiger partial charge in [0, 0.05) is 21.5 Å². The third-order valence-electron chi connectivity index (χ3n) is 4.70. The Morgan fingerprint density at radius 1 is 0.943 bits per heavy atom. The molecule has 0 radical (unpaired) electrons. The Morgan fingerprint density at radius 2 is 1.54 bits per heavy atom. The van der Waals surface area contributed by atoms with Crippen LogP contribution in [0.4, 0.5) is 14.5 Å². The zero-order valence-electron chi connectivity index (χ0n) is 17.4. The third-order valence-corrected chi connectivity index (χ3v) is 6.94. The van der Waals surface area contributed by atoms with E-state index in [-0.39, 0.29) is 22.0 Å². The normalized spacial score (nSPS) is 12.1. The number of hydrogen-bond acceptors (Lipinski definition) is 4. The monoisotopic (exact) mass is 562 g/mol. The molecule has 3 aromatic carbocycles. The Balaban J connectivity index is 1.92. The molecular formula is C22H15Cl3F2N2O5S. The predicted octanol–water partition coefficient (Wildman–Crippen LogP) is 5.15. The van der Waals surface area contributed by atoms with Crippen molar-refractivity contribution in [3.8, 4) is 0 Å². The summed E-state index contributed by atoms with van der Waals surface area (Å²) in [7, 11) is -4.84. The van der Waals surface area contributed by atoms with E-state index in [4.69, 9.17) is 34.8 Å². The summed E-state index contributed by atoms with van der Waals surface area (Å²) in [6, 6.07) is 8.85. The highest BCUT2D eigenvalue weighted by atomic mass is 35.5. The second-order valence-electron chi connectivity index (χ2n) is 7.15. The fourth-order valence-corrected chi connectivity index (χ4v) is 4.94. The van der Waals surface area contributed by atoms with Crippen LogP contribution in [0.5, 0.6) is 0 Å². The zero-order chi connectivity index (χ0) is 25.9. The third kappa shape index (κ3) is 6.40. The minimum Gasteiger partial charge on any atom is -0.480 e. The molecule has 184 valence electrons. The van der Waals surface area contributed by atoms with Gasteiger partial charge >= 0.3 is 5.97 Å². The second-order valence-corrected chi connectivity index (χ2v) is 10.0. The Kier molecular flexibility index (Phi) is 8.22. The minimum absolute atomic E-state index is 0.00372. The number of carboxylic acid groups (broad SMARTS) is 1. The molecular weight excluding hydrogens is 549 g/mol. The molecule has 35 heavy (non-hydrogen) atoms. The summed E-state index contributed by atoms with van der Waals surface area (Å²) in [6.45, 7) is 0. The van der Waals surface area contributed by atoms with E-state index in [1.165, 1.54) is 24.3 Å². The van der Waals surface area contributed by atoms with Crippen LogP contribution in [-0.4, -0.2) is 31.4 Å². The number of rotatable bonds is 8. The molecule has 0 saturated heterocycles. The first kappa shape index (κ1) is 26.7. The number of aliphatic carboxylic acids is 1. The molecule has 0 unspecified atom stereocenters. The van der Waals surface area contributed by atoms with Gasteiger partial charge in [-0.15, -0.1) is 0 Å². The molecule has 0 spiro atoms. The van der Waals surface area contributed by atoms with Gasteiger partial charge < -0.3 is 10.4 Å². The Hall–Kier alpha value is -2.92. The maximum Gasteiger partial charge on any atom is 0.326 e. The van der Waals surface area contributed by atoms with E-state index in [2.05, 4.69) is 5.32 Å². The van der Waals surface area contributed by atoms with Crippen molar-refractivity contribution in [1.29, 1.82) is 0 Å². The van der Waals surface area contributed by atoms with Gasteiger partial charge in [0.15, 0.2) is 4.90 Å². The van der Waals surface area contributed by atoms with E-state index >= 15 is 0 Å². The first-order valence-corrected chi connectivity index (χ1v) is 12.2. The van der Waals surface area contributed by atoms with Gasteiger partial charge in [-0.05, 0) is 48.0 Å². The minimum atomic E-state index is -4.84. The quantitative estimate of drug-likeness (QED) is 0.351. The van der Waals surface area contributed by atoms with Crippen LogP contribution in [0.15, 0.2) is 59.5 Å². The van der Waals surface area contributed by atoms with Crippen LogP contribution in [0.1, 0.15) is 15.9 Å². The van der Waals surface area contributed by atoms with Crippen molar-refractivity contribution in [3.05, 3.63) is 92.4 Å². The van der Waals surface area contributed by atoms with E-state index < -0.39 is 50.2 Å². The standard InChI is InChI=1S/C22H15Cl3F2N2O5S/c23-12-5-4-11(15(25)9-12)8-19(22(31)32)28-21(30)14-7-6-13(24)10-18(14)29-35(33,34)20-16(26)2-1-3-17(20)27/h1-7,9-10,19,29H,8H2,(H,28,30)(H,31,32)/t19-/m1/s1. The van der Waals surface area contributed by atoms with Gasteiger partial charge in [-0.3, -0.25) is 9.52 Å². The van der Waals surface area contributed by atoms with Crippen molar-refractivity contribution >= 4 is 62.4 Å². The molecule has 3 aromatic rings. The van der Waals surface area contributed by atoms with Crippen molar-refractivity contribution in [1.82, 2.24) is 5.32 Å². The summed E-state index contributed by atoms with van der Waals surface area (Å²) in [6.07, 6.45) is -0.216. The molecule has 0 heterocycles. The highest BCUT2D eigenvalue weighted by Gasteiger charge is 2.28. The lowest BCUT2D eigenvalue weighted by Gasteiger charge is -2.18. The summed E-state index contributed by atoms with van der Waals surface area (Å²) in [5, 5.41) is 12.4. The van der Waals surface area contributed by atoms with Crippen LogP contribution in [0.3, 0.4) is 0 Å². The molecule has 7 nitrogen and oxygen atoms in total. The average Bonchev–Trinajstić information content (AvgIpc) is 2.74. The second kappa shape index (κ2) is 10.8. The number of carbonyl (C=O) groups is 2. The van der Waals surface area contributed by atoms with E-state index in [1.807, 2.05) is 4.72 Å². The Morgan fingerprint density at radius 3 is 2.14 bits per heavy atom. The molecule has 1 atom stereocenters. The lowest BCUT2D eigenvalue weighted by Crippen LogP contribution is -2.42. The molecule has 0 aromatic heterocycles. The molecule has 0 aliphatic rings. The number of hydrogen-bond donors (Lipinski definition) is 3. The average molecular weight is 564 g/mol. The Labute approximate surface area is 213 Å². The van der Waals surface area contributed by atoms with Crippen molar-refractivity contribution in [2.45, 2.75) is 17.4 Å². The van der Waals surface area contributed by atoms with Crippen LogP contribution in [0.25, 0.3) is 0 Å². The van der Waals surface area contributed by atoms with Gasteiger partial charge in [-0.1, -0.05) is 46.9 Å². The van der Waals surface area contributed by atoms with Gasteiger partial charge in [0.25, 0.3) is 15.9 Å². The predicted molar refractivity (Wildman–Crippen MR) is 128 cm³/mol. The van der Waals surface area contributed by atoms with Crippen molar-refractivity contribution in [2.24, 2.45) is 0 Å². The SMILES string of the molecule is O=C(N[C@H](Cc1ccc(Cl)cc1Cl)C(=O)O)c1ccc(Cl)cc1NS(=O)(=O)c1c(F)cccc1F. The molecule has 0 aliphatic carbocycles. The van der Waals surface area contributed by atoms with E-state index in [0.717, 1.165) is 30.3 Å². The van der Waals surface area contributed by atoms with Gasteiger partial charge in [-0.2, -0.15) is 0 Å². The fourth-order valence-electron chi connectivity index (χ4n) is 3.08. The van der Waals surface area contributed by atoms with Gasteiger partial charge in [0.2, 0.25) is 0 Å². The first-order chi connectivity index (χ1) is 16.4. The summed E-state index contributed by atoms with van der Waals surface area (Å²) in [5.41, 5.74) is -0.384. The largest absolute Gasteiger partial charge is 0.480 e. The summed E-state index contributed by atoms with van der Waals surface area (Å²) in [5.74, 6) is -5.09. The molecule has 0 bridgehead atoms. The Bertz CT molecular complexity index is 1400. The number of halogens is 5. The summed E-state index contributed by atoms with van der Waals surface area (Å²) in [4.78, 5) is 23.4. The zero-order valence-corrected chi connectivity index (χ0v) is 20.4. The lowest BCUT2D eigenvalue weighted by atomic mass is 10.0. The highest BCUT2D eigenvalue weighted by Crippen LogP contribution is 2.27. The van der Waals surface area contributed by atoms with Crippen LogP contribution in [0.2, 0.25) is 15.1 Å². The molecule has 3 rings (SSSR count). The van der Waals surface area contributed by atoms with Gasteiger partial charge in [-0.25, -0.2) is 22.0 Å². The topological polar surface area (TPSA) is 113 Å². The van der Waals surface area contributed by atoms with E-state index in [9.17, 15) is 31.9 Å². The molecule has 13 heteroatoms. The van der Waals surface area contributed by atoms with E-state index in [1.54, 1.807) is 0 Å². The van der Waals surface area contributed by atoms with Crippen LogP contribution in [-0.2, 0) is 21.2 Å². The molecule has 3 N–H and O–H groups in total. The maximum atomic E-state index is 14.1. The maximum absolute atomic E-state index is 14.1. The molecule has 1 amide bonds. The van der Waals surface area contributed by atoms with Gasteiger partial charge in [0.05, 0.1) is 11.3 Å².